The second-order valence-electron chi connectivity index (χ2n) is 6.25. The molecular formula is C22H18O3. The lowest BCUT2D eigenvalue weighted by molar-refractivity contribution is -0.258. The van der Waals surface area contributed by atoms with Crippen LogP contribution in [0.25, 0.3) is 0 Å². The van der Waals surface area contributed by atoms with E-state index < -0.39 is 11.4 Å². The third kappa shape index (κ3) is 2.13. The second-order valence-corrected chi connectivity index (χ2v) is 6.25. The Bertz CT molecular complexity index is 873. The number of carbonyl (C=O) groups excluding carboxylic acids is 1. The molecule has 2 aromatic rings. The molecule has 2 aromatic carbocycles. The topological polar surface area (TPSA) is 35.5 Å². The average molecular weight is 330 g/mol. The Morgan fingerprint density at radius 2 is 1.60 bits per heavy atom. The molecule has 0 spiro atoms. The summed E-state index contributed by atoms with van der Waals surface area (Å²) >= 11 is 0. The Labute approximate surface area is 146 Å². The number of carbonyl (C=O) groups is 1. The van der Waals surface area contributed by atoms with E-state index in [2.05, 4.69) is 18.7 Å². The third-order valence-electron chi connectivity index (χ3n) is 5.01. The van der Waals surface area contributed by atoms with Gasteiger partial charge in [-0.25, -0.2) is 4.79 Å². The van der Waals surface area contributed by atoms with Gasteiger partial charge in [0, 0.05) is 5.92 Å². The molecule has 0 atom stereocenters. The fourth-order valence-electron chi connectivity index (χ4n) is 4.01. The van der Waals surface area contributed by atoms with Crippen molar-refractivity contribution >= 4 is 5.97 Å². The Hall–Kier alpha value is -2.91. The van der Waals surface area contributed by atoms with Crippen LogP contribution in [0.15, 0.2) is 85.0 Å². The maximum absolute atomic E-state index is 13.1. The summed E-state index contributed by atoms with van der Waals surface area (Å²) in [5.41, 5.74) is 3.88. The first kappa shape index (κ1) is 15.6. The van der Waals surface area contributed by atoms with Gasteiger partial charge in [0.05, 0.1) is 7.11 Å². The van der Waals surface area contributed by atoms with Crippen molar-refractivity contribution in [1.29, 1.82) is 0 Å². The fourth-order valence-corrected chi connectivity index (χ4v) is 4.01. The molecule has 0 amide bonds. The summed E-state index contributed by atoms with van der Waals surface area (Å²) in [7, 11) is 1.35. The Balaban J connectivity index is 2.15. The van der Waals surface area contributed by atoms with Crippen LogP contribution in [-0.2, 0) is 20.0 Å². The molecule has 0 aromatic heterocycles. The first-order valence-electron chi connectivity index (χ1n) is 8.18. The highest BCUT2D eigenvalue weighted by Crippen LogP contribution is 2.51. The molecule has 2 bridgehead atoms. The van der Waals surface area contributed by atoms with Gasteiger partial charge in [0.2, 0.25) is 0 Å². The standard InChI is InChI=1S/C22H18O3/c1-15-9-7-8-14-22(21(23)25-24-2)18-12-5-3-10-16(18)20(15)17-11-4-6-13-19(17)22/h3-14,20H,1H2,2H3/b9-7-,14-8-. The maximum atomic E-state index is 13.1. The van der Waals surface area contributed by atoms with Crippen LogP contribution < -0.4 is 0 Å². The monoisotopic (exact) mass is 330 g/mol. The van der Waals surface area contributed by atoms with Gasteiger partial charge in [0.15, 0.2) is 0 Å². The first-order chi connectivity index (χ1) is 12.2. The highest BCUT2D eigenvalue weighted by Gasteiger charge is 2.49. The maximum Gasteiger partial charge on any atom is 0.360 e. The van der Waals surface area contributed by atoms with Gasteiger partial charge in [-0.15, -0.1) is 0 Å². The molecule has 0 saturated carbocycles. The van der Waals surface area contributed by atoms with Crippen LogP contribution in [-0.4, -0.2) is 13.1 Å². The Morgan fingerprint density at radius 1 is 1.00 bits per heavy atom. The van der Waals surface area contributed by atoms with E-state index in [1.165, 1.54) is 7.11 Å². The van der Waals surface area contributed by atoms with E-state index in [-0.39, 0.29) is 5.92 Å². The summed E-state index contributed by atoms with van der Waals surface area (Å²) in [5, 5.41) is 0. The molecule has 3 nitrogen and oxygen atoms in total. The quantitative estimate of drug-likeness (QED) is 0.611. The molecule has 0 N–H and O–H groups in total. The van der Waals surface area contributed by atoms with E-state index in [1.807, 2.05) is 60.7 Å². The van der Waals surface area contributed by atoms with Gasteiger partial charge in [-0.3, -0.25) is 4.89 Å². The lowest BCUT2D eigenvalue weighted by Crippen LogP contribution is -2.41. The third-order valence-corrected chi connectivity index (χ3v) is 5.01. The molecule has 124 valence electrons. The minimum absolute atomic E-state index is 0.00650. The van der Waals surface area contributed by atoms with E-state index in [0.29, 0.717) is 0 Å². The highest BCUT2D eigenvalue weighted by atomic mass is 17.2. The summed E-state index contributed by atoms with van der Waals surface area (Å²) in [6.45, 7) is 4.27. The molecule has 0 saturated heterocycles. The molecule has 0 fully saturated rings. The van der Waals surface area contributed by atoms with Crippen molar-refractivity contribution in [2.75, 3.05) is 7.11 Å². The molecule has 0 radical (unpaired) electrons. The number of hydrogen-bond acceptors (Lipinski definition) is 3. The van der Waals surface area contributed by atoms with E-state index >= 15 is 0 Å². The van der Waals surface area contributed by atoms with Crippen LogP contribution in [0.2, 0.25) is 0 Å². The zero-order valence-electron chi connectivity index (χ0n) is 13.9. The predicted molar refractivity (Wildman–Crippen MR) is 96.0 cm³/mol. The normalized spacial score (nSPS) is 25.8. The van der Waals surface area contributed by atoms with Crippen LogP contribution in [0.4, 0.5) is 0 Å². The Kier molecular flexibility index (Phi) is 3.66. The zero-order chi connectivity index (χ0) is 17.4. The largest absolute Gasteiger partial charge is 0.360 e. The van der Waals surface area contributed by atoms with Gasteiger partial charge < -0.3 is 0 Å². The molecule has 2 aliphatic carbocycles. The minimum atomic E-state index is -1.05. The molecule has 0 heterocycles. The Morgan fingerprint density at radius 3 is 2.20 bits per heavy atom. The van der Waals surface area contributed by atoms with Crippen LogP contribution in [0.5, 0.6) is 0 Å². The van der Waals surface area contributed by atoms with E-state index in [9.17, 15) is 4.79 Å². The van der Waals surface area contributed by atoms with Crippen molar-refractivity contribution in [3.05, 3.63) is 107 Å². The van der Waals surface area contributed by atoms with Crippen LogP contribution in [0.1, 0.15) is 28.2 Å². The lowest BCUT2D eigenvalue weighted by atomic mass is 9.62. The average Bonchev–Trinajstić information content (AvgIpc) is 2.74. The van der Waals surface area contributed by atoms with Crippen LogP contribution in [0.3, 0.4) is 0 Å². The molecule has 0 unspecified atom stereocenters. The van der Waals surface area contributed by atoms with E-state index in [1.54, 1.807) is 0 Å². The zero-order valence-corrected chi connectivity index (χ0v) is 13.9. The van der Waals surface area contributed by atoms with Gasteiger partial charge >= 0.3 is 5.97 Å². The van der Waals surface area contributed by atoms with Crippen molar-refractivity contribution < 1.29 is 14.6 Å². The summed E-state index contributed by atoms with van der Waals surface area (Å²) in [4.78, 5) is 22.9. The van der Waals surface area contributed by atoms with E-state index in [4.69, 9.17) is 9.78 Å². The summed E-state index contributed by atoms with van der Waals surface area (Å²) in [6.07, 6.45) is 7.68. The van der Waals surface area contributed by atoms with Gasteiger partial charge in [0.25, 0.3) is 0 Å². The molecular weight excluding hydrogens is 312 g/mol. The van der Waals surface area contributed by atoms with Gasteiger partial charge in [-0.1, -0.05) is 79.4 Å². The fraction of sp³-hybridized carbons (Fsp3) is 0.136. The molecule has 25 heavy (non-hydrogen) atoms. The molecule has 4 rings (SSSR count). The molecule has 3 heteroatoms. The van der Waals surface area contributed by atoms with Crippen molar-refractivity contribution in [2.45, 2.75) is 11.3 Å². The smallest absolute Gasteiger partial charge is 0.297 e. The van der Waals surface area contributed by atoms with Gasteiger partial charge in [-0.2, -0.15) is 4.89 Å². The molecule has 0 aliphatic heterocycles. The minimum Gasteiger partial charge on any atom is -0.297 e. The second kappa shape index (κ2) is 5.87. The summed E-state index contributed by atoms with van der Waals surface area (Å²) < 4.78 is 0. The summed E-state index contributed by atoms with van der Waals surface area (Å²) in [6, 6.07) is 16.0. The summed E-state index contributed by atoms with van der Waals surface area (Å²) in [5.74, 6) is -0.447. The van der Waals surface area contributed by atoms with Gasteiger partial charge in [-0.05, 0) is 27.8 Å². The predicted octanol–water partition coefficient (Wildman–Crippen LogP) is 4.20. The lowest BCUT2D eigenvalue weighted by Gasteiger charge is -2.39. The number of fused-ring (bicyclic) bond motifs is 3. The molecule has 2 aliphatic rings. The van der Waals surface area contributed by atoms with Crippen LogP contribution >= 0.6 is 0 Å². The number of benzene rings is 2. The first-order valence-corrected chi connectivity index (χ1v) is 8.18. The number of rotatable bonds is 2. The van der Waals surface area contributed by atoms with Crippen molar-refractivity contribution in [3.8, 4) is 0 Å². The number of hydrogen-bond donors (Lipinski definition) is 0. The highest BCUT2D eigenvalue weighted by molar-refractivity contribution is 5.93. The SMILES string of the molecule is C=C1/C=C\C=C/C2(C(=O)OOC)c3ccccc3C1c1ccccc12. The van der Waals surface area contributed by atoms with Crippen LogP contribution in [0, 0.1) is 0 Å². The van der Waals surface area contributed by atoms with Crippen molar-refractivity contribution in [1.82, 2.24) is 0 Å². The van der Waals surface area contributed by atoms with E-state index in [0.717, 1.165) is 27.8 Å². The van der Waals surface area contributed by atoms with Crippen molar-refractivity contribution in [2.24, 2.45) is 0 Å². The van der Waals surface area contributed by atoms with Gasteiger partial charge in [0.1, 0.15) is 5.41 Å². The number of allylic oxidation sites excluding steroid dienone is 4. The van der Waals surface area contributed by atoms with Crippen molar-refractivity contribution in [3.63, 3.8) is 0 Å².